The molecule has 2 aromatic rings. The Balaban J connectivity index is 2.56. The smallest absolute Gasteiger partial charge is 0.195 e. The summed E-state index contributed by atoms with van der Waals surface area (Å²) in [5.74, 6) is -0.104. The molecular formula is C15H13BrClNO. The third-order valence-corrected chi connectivity index (χ3v) is 4.10. The van der Waals surface area contributed by atoms with E-state index in [-0.39, 0.29) is 5.78 Å². The van der Waals surface area contributed by atoms with Gasteiger partial charge in [0, 0.05) is 26.3 Å². The van der Waals surface area contributed by atoms with E-state index < -0.39 is 0 Å². The molecule has 0 saturated heterocycles. The van der Waals surface area contributed by atoms with Crippen LogP contribution in [0.4, 0.5) is 5.69 Å². The van der Waals surface area contributed by atoms with Gasteiger partial charge in [0.15, 0.2) is 5.78 Å². The van der Waals surface area contributed by atoms with E-state index in [4.69, 9.17) is 17.3 Å². The first kappa shape index (κ1) is 14.1. The summed E-state index contributed by atoms with van der Waals surface area (Å²) in [6, 6.07) is 8.73. The zero-order valence-corrected chi connectivity index (χ0v) is 13.0. The number of hydrogen-bond donors (Lipinski definition) is 1. The van der Waals surface area contributed by atoms with E-state index >= 15 is 0 Å². The lowest BCUT2D eigenvalue weighted by Crippen LogP contribution is -2.07. The molecule has 2 rings (SSSR count). The number of carbonyl (C=O) groups excluding carboxylic acids is 1. The molecule has 0 radical (unpaired) electrons. The van der Waals surface area contributed by atoms with Crippen LogP contribution in [0.15, 0.2) is 34.8 Å². The topological polar surface area (TPSA) is 43.1 Å². The Morgan fingerprint density at radius 1 is 1.11 bits per heavy atom. The van der Waals surface area contributed by atoms with E-state index in [1.165, 1.54) is 0 Å². The van der Waals surface area contributed by atoms with Crippen molar-refractivity contribution in [2.24, 2.45) is 0 Å². The average molecular weight is 339 g/mol. The average Bonchev–Trinajstić information content (AvgIpc) is 2.36. The molecule has 0 aliphatic carbocycles. The van der Waals surface area contributed by atoms with Crippen LogP contribution in [-0.4, -0.2) is 5.78 Å². The lowest BCUT2D eigenvalue weighted by Gasteiger charge is -2.10. The SMILES string of the molecule is Cc1cc(C(=O)c2cc(Cl)ccc2N)c(C)cc1Br. The third kappa shape index (κ3) is 2.82. The van der Waals surface area contributed by atoms with Crippen LogP contribution in [0, 0.1) is 13.8 Å². The lowest BCUT2D eigenvalue weighted by molar-refractivity contribution is 0.103. The third-order valence-electron chi connectivity index (χ3n) is 3.01. The normalized spacial score (nSPS) is 10.5. The fourth-order valence-electron chi connectivity index (χ4n) is 1.90. The van der Waals surface area contributed by atoms with Gasteiger partial charge in [0.25, 0.3) is 0 Å². The fourth-order valence-corrected chi connectivity index (χ4v) is 2.53. The highest BCUT2D eigenvalue weighted by atomic mass is 79.9. The highest BCUT2D eigenvalue weighted by Crippen LogP contribution is 2.26. The minimum Gasteiger partial charge on any atom is -0.398 e. The summed E-state index contributed by atoms with van der Waals surface area (Å²) >= 11 is 9.38. The van der Waals surface area contributed by atoms with Crippen LogP contribution >= 0.6 is 27.5 Å². The molecule has 0 aliphatic rings. The number of halogens is 2. The van der Waals surface area contributed by atoms with Crippen LogP contribution in [0.1, 0.15) is 27.0 Å². The van der Waals surface area contributed by atoms with Gasteiger partial charge in [-0.1, -0.05) is 27.5 Å². The summed E-state index contributed by atoms with van der Waals surface area (Å²) < 4.78 is 0.987. The number of nitrogen functional groups attached to an aromatic ring is 1. The molecule has 98 valence electrons. The maximum absolute atomic E-state index is 12.5. The first-order valence-corrected chi connectivity index (χ1v) is 6.93. The molecule has 0 fully saturated rings. The largest absolute Gasteiger partial charge is 0.398 e. The molecule has 0 amide bonds. The summed E-state index contributed by atoms with van der Waals surface area (Å²) in [4.78, 5) is 12.5. The van der Waals surface area contributed by atoms with E-state index in [2.05, 4.69) is 15.9 Å². The van der Waals surface area contributed by atoms with Crippen LogP contribution in [0.2, 0.25) is 5.02 Å². The van der Waals surface area contributed by atoms with Crippen molar-refractivity contribution >= 4 is 39.0 Å². The first-order chi connectivity index (χ1) is 8.90. The predicted octanol–water partition coefficient (Wildman–Crippen LogP) is 4.53. The number of ketones is 1. The molecule has 19 heavy (non-hydrogen) atoms. The molecule has 0 heterocycles. The van der Waals surface area contributed by atoms with Crippen LogP contribution in [-0.2, 0) is 0 Å². The van der Waals surface area contributed by atoms with Crippen molar-refractivity contribution in [3.63, 3.8) is 0 Å². The molecular weight excluding hydrogens is 326 g/mol. The van der Waals surface area contributed by atoms with E-state index in [1.54, 1.807) is 18.2 Å². The van der Waals surface area contributed by atoms with Gasteiger partial charge in [-0.05, 0) is 55.3 Å². The highest BCUT2D eigenvalue weighted by Gasteiger charge is 2.16. The Bertz CT molecular complexity index is 667. The van der Waals surface area contributed by atoms with Gasteiger partial charge in [-0.25, -0.2) is 0 Å². The molecule has 0 atom stereocenters. The zero-order chi connectivity index (χ0) is 14.2. The molecule has 0 spiro atoms. The molecule has 0 unspecified atom stereocenters. The van der Waals surface area contributed by atoms with E-state index in [0.29, 0.717) is 21.8 Å². The van der Waals surface area contributed by atoms with Crippen molar-refractivity contribution in [3.05, 3.63) is 62.1 Å². The number of rotatable bonds is 2. The Morgan fingerprint density at radius 3 is 2.47 bits per heavy atom. The van der Waals surface area contributed by atoms with Gasteiger partial charge in [-0.2, -0.15) is 0 Å². The lowest BCUT2D eigenvalue weighted by atomic mass is 9.96. The summed E-state index contributed by atoms with van der Waals surface area (Å²) in [6.45, 7) is 3.85. The Hall–Kier alpha value is -1.32. The van der Waals surface area contributed by atoms with E-state index in [1.807, 2.05) is 26.0 Å². The molecule has 2 aromatic carbocycles. The van der Waals surface area contributed by atoms with Gasteiger partial charge in [0.05, 0.1) is 0 Å². The van der Waals surface area contributed by atoms with Crippen LogP contribution in [0.25, 0.3) is 0 Å². The fraction of sp³-hybridized carbons (Fsp3) is 0.133. The first-order valence-electron chi connectivity index (χ1n) is 5.76. The second kappa shape index (κ2) is 5.35. The summed E-state index contributed by atoms with van der Waals surface area (Å²) in [5, 5.41) is 0.504. The Kier molecular flexibility index (Phi) is 3.97. The molecule has 0 bridgehead atoms. The van der Waals surface area contributed by atoms with Crippen LogP contribution in [0.5, 0.6) is 0 Å². The van der Waals surface area contributed by atoms with E-state index in [0.717, 1.165) is 15.6 Å². The molecule has 2 N–H and O–H groups in total. The number of carbonyl (C=O) groups is 1. The maximum Gasteiger partial charge on any atom is 0.195 e. The summed E-state index contributed by atoms with van der Waals surface area (Å²) in [5.41, 5.74) is 9.30. The number of nitrogens with two attached hydrogens (primary N) is 1. The zero-order valence-electron chi connectivity index (χ0n) is 10.6. The van der Waals surface area contributed by atoms with Gasteiger partial charge in [0.2, 0.25) is 0 Å². The monoisotopic (exact) mass is 337 g/mol. The highest BCUT2D eigenvalue weighted by molar-refractivity contribution is 9.10. The number of aryl methyl sites for hydroxylation is 2. The standard InChI is InChI=1S/C15H13BrClNO/c1-8-6-13(16)9(2)5-11(8)15(19)12-7-10(17)3-4-14(12)18/h3-7H,18H2,1-2H3. The molecule has 0 aliphatic heterocycles. The van der Waals surface area contributed by atoms with E-state index in [9.17, 15) is 4.79 Å². The minimum absolute atomic E-state index is 0.104. The van der Waals surface area contributed by atoms with Crippen molar-refractivity contribution < 1.29 is 4.79 Å². The van der Waals surface area contributed by atoms with Crippen molar-refractivity contribution in [1.29, 1.82) is 0 Å². The predicted molar refractivity (Wildman–Crippen MR) is 82.9 cm³/mol. The molecule has 0 saturated carbocycles. The van der Waals surface area contributed by atoms with Gasteiger partial charge in [-0.15, -0.1) is 0 Å². The van der Waals surface area contributed by atoms with Crippen LogP contribution in [0.3, 0.4) is 0 Å². The summed E-state index contributed by atoms with van der Waals surface area (Å²) in [7, 11) is 0. The van der Waals surface area contributed by atoms with Crippen molar-refractivity contribution in [2.45, 2.75) is 13.8 Å². The second-order valence-electron chi connectivity index (χ2n) is 4.48. The number of hydrogen-bond acceptors (Lipinski definition) is 2. The van der Waals surface area contributed by atoms with Crippen molar-refractivity contribution in [1.82, 2.24) is 0 Å². The quantitative estimate of drug-likeness (QED) is 0.645. The molecule has 2 nitrogen and oxygen atoms in total. The van der Waals surface area contributed by atoms with Crippen molar-refractivity contribution in [3.8, 4) is 0 Å². The second-order valence-corrected chi connectivity index (χ2v) is 5.77. The minimum atomic E-state index is -0.104. The van der Waals surface area contributed by atoms with Crippen LogP contribution < -0.4 is 5.73 Å². The Morgan fingerprint density at radius 2 is 1.79 bits per heavy atom. The van der Waals surface area contributed by atoms with Crippen molar-refractivity contribution in [2.75, 3.05) is 5.73 Å². The summed E-state index contributed by atoms with van der Waals surface area (Å²) in [6.07, 6.45) is 0. The molecule has 0 aromatic heterocycles. The molecule has 4 heteroatoms. The maximum atomic E-state index is 12.5. The van der Waals surface area contributed by atoms with Gasteiger partial charge in [-0.3, -0.25) is 4.79 Å². The van der Waals surface area contributed by atoms with Gasteiger partial charge < -0.3 is 5.73 Å². The Labute approximate surface area is 125 Å². The van der Waals surface area contributed by atoms with Gasteiger partial charge in [0.1, 0.15) is 0 Å². The van der Waals surface area contributed by atoms with Gasteiger partial charge >= 0.3 is 0 Å². The number of anilines is 1. The number of benzene rings is 2.